The van der Waals surface area contributed by atoms with Crippen molar-refractivity contribution >= 4 is 28.7 Å². The highest BCUT2D eigenvalue weighted by Gasteiger charge is 2.32. The summed E-state index contributed by atoms with van der Waals surface area (Å²) in [5.74, 6) is 1.75. The number of hydrogen-bond acceptors (Lipinski definition) is 5. The van der Waals surface area contributed by atoms with E-state index in [1.54, 1.807) is 29.2 Å². The minimum Gasteiger partial charge on any atom is -0.506 e. The molecule has 0 aliphatic heterocycles. The van der Waals surface area contributed by atoms with Gasteiger partial charge in [0.25, 0.3) is 0 Å². The number of phenols is 1. The third-order valence-corrected chi connectivity index (χ3v) is 6.18. The molecule has 1 aromatic heterocycles. The molecule has 1 heterocycles. The second kappa shape index (κ2) is 10.1. The lowest BCUT2D eigenvalue weighted by molar-refractivity contribution is -0.123. The average molecular weight is 411 g/mol. The van der Waals surface area contributed by atoms with E-state index in [4.69, 9.17) is 6.42 Å². The van der Waals surface area contributed by atoms with E-state index in [9.17, 15) is 14.7 Å². The summed E-state index contributed by atoms with van der Waals surface area (Å²) in [7, 11) is 0. The number of ketones is 1. The van der Waals surface area contributed by atoms with E-state index in [-0.39, 0.29) is 36.4 Å². The van der Waals surface area contributed by atoms with Crippen molar-refractivity contribution in [1.82, 2.24) is 5.32 Å². The standard InChI is InChI=1S/C23H26N2O3S/c1-2-18(26)14-15-25(19-11-6-7-12-20(19)27)22(21-13-8-16-29-21)23(28)24-17-9-4-3-5-10-17/h1,6-8,11-13,16-17,22,27H,3-5,9-10,14-15H2,(H,24,28). The Hall–Kier alpha value is -2.78. The first-order chi connectivity index (χ1) is 14.1. The Kier molecular flexibility index (Phi) is 7.31. The second-order valence-electron chi connectivity index (χ2n) is 7.26. The molecule has 2 N–H and O–H groups in total. The van der Waals surface area contributed by atoms with Gasteiger partial charge in [0.1, 0.15) is 11.8 Å². The summed E-state index contributed by atoms with van der Waals surface area (Å²) < 4.78 is 0. The number of thiophene rings is 1. The van der Waals surface area contributed by atoms with Crippen molar-refractivity contribution in [2.24, 2.45) is 0 Å². The van der Waals surface area contributed by atoms with E-state index in [1.807, 2.05) is 17.5 Å². The van der Waals surface area contributed by atoms with Crippen LogP contribution in [0.15, 0.2) is 41.8 Å². The number of hydrogen-bond donors (Lipinski definition) is 2. The van der Waals surface area contributed by atoms with Crippen LogP contribution in [0.4, 0.5) is 5.69 Å². The van der Waals surface area contributed by atoms with Crippen LogP contribution < -0.4 is 10.2 Å². The fourth-order valence-corrected chi connectivity index (χ4v) is 4.62. The minimum absolute atomic E-state index is 0.0627. The molecule has 1 atom stereocenters. The molecule has 1 saturated carbocycles. The molecule has 29 heavy (non-hydrogen) atoms. The monoisotopic (exact) mass is 410 g/mol. The van der Waals surface area contributed by atoms with Crippen LogP contribution in [0.3, 0.4) is 0 Å². The van der Waals surface area contributed by atoms with E-state index < -0.39 is 6.04 Å². The smallest absolute Gasteiger partial charge is 0.248 e. The maximum absolute atomic E-state index is 13.4. The molecule has 3 rings (SSSR count). The molecule has 0 radical (unpaired) electrons. The van der Waals surface area contributed by atoms with Crippen LogP contribution in [-0.4, -0.2) is 29.4 Å². The molecule has 1 aromatic carbocycles. The molecule has 5 nitrogen and oxygen atoms in total. The van der Waals surface area contributed by atoms with E-state index in [2.05, 4.69) is 11.2 Å². The topological polar surface area (TPSA) is 69.6 Å². The maximum atomic E-state index is 13.4. The quantitative estimate of drug-likeness (QED) is 0.509. The summed E-state index contributed by atoms with van der Waals surface area (Å²) in [6.07, 6.45) is 10.7. The van der Waals surface area contributed by atoms with Gasteiger partial charge in [-0.1, -0.05) is 37.5 Å². The Morgan fingerprint density at radius 1 is 1.21 bits per heavy atom. The normalized spacial score (nSPS) is 15.3. The predicted molar refractivity (Wildman–Crippen MR) is 116 cm³/mol. The zero-order valence-electron chi connectivity index (χ0n) is 16.3. The van der Waals surface area contributed by atoms with Crippen LogP contribution in [0.2, 0.25) is 0 Å². The molecule has 0 saturated heterocycles. The number of Topliss-reactive ketones (excluding diaryl/α,β-unsaturated/α-hetero) is 1. The zero-order chi connectivity index (χ0) is 20.6. The molecule has 0 bridgehead atoms. The SMILES string of the molecule is C#CC(=O)CCN(c1ccccc1O)C(C(=O)NC1CCCCC1)c1cccs1. The second-order valence-corrected chi connectivity index (χ2v) is 8.24. The molecule has 1 fully saturated rings. The van der Waals surface area contributed by atoms with Gasteiger partial charge in [-0.25, -0.2) is 0 Å². The number of phenolic OH excluding ortho intramolecular Hbond substituents is 1. The largest absolute Gasteiger partial charge is 0.506 e. The molecular formula is C23H26N2O3S. The van der Waals surface area contributed by atoms with Crippen molar-refractivity contribution in [2.45, 2.75) is 50.6 Å². The van der Waals surface area contributed by atoms with Crippen LogP contribution in [0.25, 0.3) is 0 Å². The highest BCUT2D eigenvalue weighted by atomic mass is 32.1. The van der Waals surface area contributed by atoms with Gasteiger partial charge < -0.3 is 15.3 Å². The molecule has 1 aliphatic carbocycles. The maximum Gasteiger partial charge on any atom is 0.248 e. The third-order valence-electron chi connectivity index (χ3n) is 5.26. The lowest BCUT2D eigenvalue weighted by Crippen LogP contribution is -2.45. The number of para-hydroxylation sites is 2. The van der Waals surface area contributed by atoms with Gasteiger partial charge in [0.15, 0.2) is 0 Å². The summed E-state index contributed by atoms with van der Waals surface area (Å²) in [4.78, 5) is 27.8. The van der Waals surface area contributed by atoms with E-state index in [1.165, 1.54) is 17.8 Å². The Morgan fingerprint density at radius 2 is 1.97 bits per heavy atom. The van der Waals surface area contributed by atoms with Gasteiger partial charge in [0, 0.05) is 23.9 Å². The van der Waals surface area contributed by atoms with Gasteiger partial charge in [-0.2, -0.15) is 0 Å². The van der Waals surface area contributed by atoms with Crippen LogP contribution in [0, 0.1) is 12.3 Å². The van der Waals surface area contributed by atoms with Crippen LogP contribution >= 0.6 is 11.3 Å². The van der Waals surface area contributed by atoms with Crippen LogP contribution in [0.5, 0.6) is 5.75 Å². The molecule has 0 spiro atoms. The molecule has 6 heteroatoms. The van der Waals surface area contributed by atoms with Crippen LogP contribution in [-0.2, 0) is 9.59 Å². The number of nitrogens with one attached hydrogen (secondary N) is 1. The average Bonchev–Trinajstić information content (AvgIpc) is 3.26. The fourth-order valence-electron chi connectivity index (χ4n) is 3.79. The van der Waals surface area contributed by atoms with E-state index in [0.717, 1.165) is 30.6 Å². The van der Waals surface area contributed by atoms with Crippen molar-refractivity contribution in [3.05, 3.63) is 46.7 Å². The predicted octanol–water partition coefficient (Wildman–Crippen LogP) is 4.04. The first kappa shape index (κ1) is 20.9. The van der Waals surface area contributed by atoms with E-state index >= 15 is 0 Å². The number of nitrogens with zero attached hydrogens (tertiary/aromatic N) is 1. The zero-order valence-corrected chi connectivity index (χ0v) is 17.2. The Bertz CT molecular complexity index is 866. The summed E-state index contributed by atoms with van der Waals surface area (Å²) in [6, 6.07) is 10.2. The molecule has 1 unspecified atom stereocenters. The number of rotatable bonds is 8. The lowest BCUT2D eigenvalue weighted by Gasteiger charge is -2.34. The van der Waals surface area contributed by atoms with Gasteiger partial charge >= 0.3 is 0 Å². The highest BCUT2D eigenvalue weighted by Crippen LogP contribution is 2.36. The van der Waals surface area contributed by atoms with Gasteiger partial charge in [0.2, 0.25) is 11.7 Å². The van der Waals surface area contributed by atoms with Crippen molar-refractivity contribution in [2.75, 3.05) is 11.4 Å². The summed E-state index contributed by atoms with van der Waals surface area (Å²) in [5, 5.41) is 15.6. The highest BCUT2D eigenvalue weighted by molar-refractivity contribution is 7.10. The lowest BCUT2D eigenvalue weighted by atomic mass is 9.95. The summed E-state index contributed by atoms with van der Waals surface area (Å²) >= 11 is 1.48. The Balaban J connectivity index is 1.93. The number of anilines is 1. The van der Waals surface area contributed by atoms with Crippen molar-refractivity contribution in [1.29, 1.82) is 0 Å². The van der Waals surface area contributed by atoms with Crippen molar-refractivity contribution in [3.63, 3.8) is 0 Å². The summed E-state index contributed by atoms with van der Waals surface area (Å²) in [5.41, 5.74) is 0.509. The van der Waals surface area contributed by atoms with Gasteiger partial charge in [-0.3, -0.25) is 9.59 Å². The van der Waals surface area contributed by atoms with E-state index in [0.29, 0.717) is 5.69 Å². The molecule has 2 aromatic rings. The number of carbonyl (C=O) groups excluding carboxylic acids is 2. The molecule has 1 aliphatic rings. The Morgan fingerprint density at radius 3 is 2.62 bits per heavy atom. The van der Waals surface area contributed by atoms with Gasteiger partial charge in [-0.15, -0.1) is 17.8 Å². The number of amides is 1. The first-order valence-electron chi connectivity index (χ1n) is 9.98. The molecular weight excluding hydrogens is 384 g/mol. The molecule has 152 valence electrons. The van der Waals surface area contributed by atoms with Gasteiger partial charge in [0.05, 0.1) is 5.69 Å². The first-order valence-corrected chi connectivity index (χ1v) is 10.9. The van der Waals surface area contributed by atoms with Crippen LogP contribution in [0.1, 0.15) is 49.4 Å². The Labute approximate surface area is 175 Å². The number of aromatic hydroxyl groups is 1. The fraction of sp³-hybridized carbons (Fsp3) is 0.391. The summed E-state index contributed by atoms with van der Waals surface area (Å²) in [6.45, 7) is 0.237. The number of terminal acetylenes is 1. The van der Waals surface area contributed by atoms with Crippen molar-refractivity contribution in [3.8, 4) is 18.1 Å². The minimum atomic E-state index is -0.643. The van der Waals surface area contributed by atoms with Gasteiger partial charge in [-0.05, 0) is 42.3 Å². The third kappa shape index (κ3) is 5.39. The van der Waals surface area contributed by atoms with Crippen molar-refractivity contribution < 1.29 is 14.7 Å². The number of benzene rings is 1. The molecule has 1 amide bonds. The number of carbonyl (C=O) groups is 2.